The predicted molar refractivity (Wildman–Crippen MR) is 107 cm³/mol. The number of rotatable bonds is 6. The third-order valence-corrected chi connectivity index (χ3v) is 4.24. The number of carbonyl (C=O) groups excluding carboxylic acids is 1. The highest BCUT2D eigenvalue weighted by Gasteiger charge is 2.14. The molecule has 2 aromatic rings. The van der Waals surface area contributed by atoms with Crippen molar-refractivity contribution in [2.45, 2.75) is 40.4 Å². The number of hydrogen-bond donors (Lipinski definition) is 0. The number of aryl methyl sites for hydroxylation is 2. The Kier molecular flexibility index (Phi) is 7.04. The van der Waals surface area contributed by atoms with Crippen molar-refractivity contribution in [3.8, 4) is 11.8 Å². The van der Waals surface area contributed by atoms with Crippen LogP contribution in [0.2, 0.25) is 5.02 Å². The van der Waals surface area contributed by atoms with E-state index in [-0.39, 0.29) is 11.7 Å². The van der Waals surface area contributed by atoms with Crippen molar-refractivity contribution in [1.82, 2.24) is 0 Å². The van der Waals surface area contributed by atoms with Crippen molar-refractivity contribution >= 4 is 23.6 Å². The maximum absolute atomic E-state index is 12.0. The first-order chi connectivity index (χ1) is 12.8. The lowest BCUT2D eigenvalue weighted by Gasteiger charge is -2.13. The van der Waals surface area contributed by atoms with Crippen molar-refractivity contribution in [3.05, 3.63) is 69.2 Å². The molecule has 0 unspecified atom stereocenters. The summed E-state index contributed by atoms with van der Waals surface area (Å²) in [6, 6.07) is 13.1. The van der Waals surface area contributed by atoms with Gasteiger partial charge in [-0.15, -0.1) is 0 Å². The molecule has 27 heavy (non-hydrogen) atoms. The smallest absolute Gasteiger partial charge is 0.349 e. The number of ether oxygens (including phenoxy) is 2. The van der Waals surface area contributed by atoms with E-state index in [9.17, 15) is 10.1 Å². The summed E-state index contributed by atoms with van der Waals surface area (Å²) in [4.78, 5) is 12.0. The van der Waals surface area contributed by atoms with Crippen LogP contribution in [0.5, 0.6) is 5.75 Å². The summed E-state index contributed by atoms with van der Waals surface area (Å²) in [6.45, 7) is 7.74. The maximum Gasteiger partial charge on any atom is 0.349 e. The zero-order chi connectivity index (χ0) is 20.0. The molecule has 0 bridgehead atoms. The van der Waals surface area contributed by atoms with E-state index in [4.69, 9.17) is 21.1 Å². The number of esters is 1. The Hall–Kier alpha value is -2.77. The average molecular weight is 384 g/mol. The van der Waals surface area contributed by atoms with Crippen LogP contribution in [-0.4, -0.2) is 12.1 Å². The fourth-order valence-electron chi connectivity index (χ4n) is 2.51. The van der Waals surface area contributed by atoms with Crippen LogP contribution in [-0.2, 0) is 16.1 Å². The first-order valence-corrected chi connectivity index (χ1v) is 8.99. The van der Waals surface area contributed by atoms with Crippen LogP contribution in [0, 0.1) is 25.2 Å². The SMILES string of the molecule is Cc1cc(C)c(COc2ccccc2Cl)cc1/C=C(\C#N)C(=O)OC(C)C. The molecule has 0 N–H and O–H groups in total. The van der Waals surface area contributed by atoms with Gasteiger partial charge in [0.1, 0.15) is 24.0 Å². The van der Waals surface area contributed by atoms with Crippen LogP contribution in [0.15, 0.2) is 42.0 Å². The molecule has 0 fully saturated rings. The molecule has 5 heteroatoms. The number of carbonyl (C=O) groups is 1. The molecule has 0 saturated carbocycles. The van der Waals surface area contributed by atoms with Gasteiger partial charge in [0.25, 0.3) is 0 Å². The summed E-state index contributed by atoms with van der Waals surface area (Å²) < 4.78 is 10.9. The second-order valence-electron chi connectivity index (χ2n) is 6.48. The lowest BCUT2D eigenvalue weighted by molar-refractivity contribution is -0.142. The van der Waals surface area contributed by atoms with Gasteiger partial charge in [-0.1, -0.05) is 29.8 Å². The van der Waals surface area contributed by atoms with Gasteiger partial charge < -0.3 is 9.47 Å². The molecule has 0 saturated heterocycles. The second kappa shape index (κ2) is 9.25. The number of halogens is 1. The largest absolute Gasteiger partial charge is 0.487 e. The van der Waals surface area contributed by atoms with Crippen LogP contribution in [0.3, 0.4) is 0 Å². The van der Waals surface area contributed by atoms with Crippen LogP contribution in [0.25, 0.3) is 6.08 Å². The normalized spacial score (nSPS) is 11.2. The molecule has 140 valence electrons. The van der Waals surface area contributed by atoms with Gasteiger partial charge in [0.05, 0.1) is 11.1 Å². The second-order valence-corrected chi connectivity index (χ2v) is 6.89. The Morgan fingerprint density at radius 2 is 1.93 bits per heavy atom. The standard InChI is InChI=1S/C22H22ClNO3/c1-14(2)27-22(25)18(12-24)10-17-11-19(16(4)9-15(17)3)13-26-21-8-6-5-7-20(21)23/h5-11,14H,13H2,1-4H3/b18-10+. The molecule has 0 radical (unpaired) electrons. The van der Waals surface area contributed by atoms with E-state index in [0.29, 0.717) is 17.4 Å². The van der Waals surface area contributed by atoms with Gasteiger partial charge in [-0.05, 0) is 74.2 Å². The number of hydrogen-bond acceptors (Lipinski definition) is 4. The molecule has 0 amide bonds. The van der Waals surface area contributed by atoms with E-state index < -0.39 is 5.97 Å². The molecule has 0 aliphatic rings. The number of nitriles is 1. The van der Waals surface area contributed by atoms with E-state index in [1.54, 1.807) is 26.0 Å². The maximum atomic E-state index is 12.0. The summed E-state index contributed by atoms with van der Waals surface area (Å²) in [5.74, 6) is -0.0178. The van der Waals surface area contributed by atoms with E-state index in [2.05, 4.69) is 0 Å². The fourth-order valence-corrected chi connectivity index (χ4v) is 2.70. The van der Waals surface area contributed by atoms with Crippen LogP contribution < -0.4 is 4.74 Å². The average Bonchev–Trinajstić information content (AvgIpc) is 2.60. The van der Waals surface area contributed by atoms with Gasteiger partial charge in [-0.2, -0.15) is 5.26 Å². The molecule has 2 aromatic carbocycles. The van der Waals surface area contributed by atoms with Crippen molar-refractivity contribution in [2.24, 2.45) is 0 Å². The van der Waals surface area contributed by atoms with Gasteiger partial charge in [-0.25, -0.2) is 4.79 Å². The van der Waals surface area contributed by atoms with Gasteiger partial charge >= 0.3 is 5.97 Å². The van der Waals surface area contributed by atoms with Crippen molar-refractivity contribution < 1.29 is 14.3 Å². The number of para-hydroxylation sites is 1. The molecule has 2 rings (SSSR count). The fraction of sp³-hybridized carbons (Fsp3) is 0.273. The molecular weight excluding hydrogens is 362 g/mol. The third-order valence-electron chi connectivity index (χ3n) is 3.93. The topological polar surface area (TPSA) is 59.3 Å². The predicted octanol–water partition coefficient (Wildman–Crippen LogP) is 5.39. The van der Waals surface area contributed by atoms with Gasteiger partial charge in [0.2, 0.25) is 0 Å². The summed E-state index contributed by atoms with van der Waals surface area (Å²) in [6.07, 6.45) is 1.27. The highest BCUT2D eigenvalue weighted by atomic mass is 35.5. The molecule has 0 aliphatic heterocycles. The quantitative estimate of drug-likeness (QED) is 0.381. The van der Waals surface area contributed by atoms with Crippen LogP contribution in [0.1, 0.15) is 36.1 Å². The van der Waals surface area contributed by atoms with Gasteiger partial charge in [-0.3, -0.25) is 0 Å². The Balaban J connectivity index is 2.29. The zero-order valence-corrected chi connectivity index (χ0v) is 16.6. The van der Waals surface area contributed by atoms with Crippen molar-refractivity contribution in [1.29, 1.82) is 5.26 Å². The van der Waals surface area contributed by atoms with Crippen LogP contribution in [0.4, 0.5) is 0 Å². The molecule has 0 spiro atoms. The first-order valence-electron chi connectivity index (χ1n) is 8.62. The summed E-state index contributed by atoms with van der Waals surface area (Å²) >= 11 is 6.13. The minimum Gasteiger partial charge on any atom is -0.487 e. The van der Waals surface area contributed by atoms with E-state index >= 15 is 0 Å². The first kappa shape index (κ1) is 20.5. The highest BCUT2D eigenvalue weighted by molar-refractivity contribution is 6.32. The number of benzene rings is 2. The Labute approximate surface area is 165 Å². The van der Waals surface area contributed by atoms with Gasteiger partial charge in [0.15, 0.2) is 0 Å². The molecule has 0 aliphatic carbocycles. The lowest BCUT2D eigenvalue weighted by atomic mass is 9.98. The lowest BCUT2D eigenvalue weighted by Crippen LogP contribution is -2.12. The van der Waals surface area contributed by atoms with E-state index in [1.807, 2.05) is 50.2 Å². The molecule has 0 heterocycles. The van der Waals surface area contributed by atoms with E-state index in [0.717, 1.165) is 22.3 Å². The van der Waals surface area contributed by atoms with Crippen molar-refractivity contribution in [2.75, 3.05) is 0 Å². The molecule has 0 aromatic heterocycles. The Morgan fingerprint density at radius 1 is 1.22 bits per heavy atom. The monoisotopic (exact) mass is 383 g/mol. The zero-order valence-electron chi connectivity index (χ0n) is 15.9. The minimum atomic E-state index is -0.624. The minimum absolute atomic E-state index is 0.0337. The molecular formula is C22H22ClNO3. The van der Waals surface area contributed by atoms with Crippen molar-refractivity contribution in [3.63, 3.8) is 0 Å². The van der Waals surface area contributed by atoms with Crippen LogP contribution >= 0.6 is 11.6 Å². The van der Waals surface area contributed by atoms with Gasteiger partial charge in [0, 0.05) is 0 Å². The van der Waals surface area contributed by atoms with E-state index in [1.165, 1.54) is 0 Å². The number of nitrogens with zero attached hydrogens (tertiary/aromatic N) is 1. The summed E-state index contributed by atoms with van der Waals surface area (Å²) in [5, 5.41) is 9.86. The Morgan fingerprint density at radius 3 is 2.56 bits per heavy atom. The molecule has 4 nitrogen and oxygen atoms in total. The summed E-state index contributed by atoms with van der Waals surface area (Å²) in [5.41, 5.74) is 3.70. The highest BCUT2D eigenvalue weighted by Crippen LogP contribution is 2.26. The third kappa shape index (κ3) is 5.60. The Bertz CT molecular complexity index is 910. The summed E-state index contributed by atoms with van der Waals surface area (Å²) in [7, 11) is 0. The molecule has 0 atom stereocenters.